The van der Waals surface area contributed by atoms with Crippen molar-refractivity contribution in [2.45, 2.75) is 19.1 Å². The number of rotatable bonds is 5. The van der Waals surface area contributed by atoms with E-state index in [0.717, 1.165) is 12.1 Å². The molecule has 1 unspecified atom stereocenters. The van der Waals surface area contributed by atoms with Crippen molar-refractivity contribution in [2.24, 2.45) is 0 Å². The molecule has 1 N–H and O–H groups in total. The van der Waals surface area contributed by atoms with Crippen LogP contribution in [0.25, 0.3) is 5.82 Å². The van der Waals surface area contributed by atoms with Crippen LogP contribution in [-0.4, -0.2) is 25.0 Å². The van der Waals surface area contributed by atoms with Crippen molar-refractivity contribution >= 4 is 22.9 Å². The van der Waals surface area contributed by atoms with Gasteiger partial charge < -0.3 is 9.88 Å². The van der Waals surface area contributed by atoms with Crippen LogP contribution in [-0.2, 0) is 6.18 Å². The van der Waals surface area contributed by atoms with Crippen LogP contribution in [0.3, 0.4) is 0 Å². The maximum Gasteiger partial charge on any atom is 0.416 e. The SMILES string of the molecule is CC(c1cccc(C(F)(F)F)c1)n1cnc(-n2ccc(NC(=O)c3cscn3)cc2=O)c1. The molecule has 11 heteroatoms. The number of pyridine rings is 1. The summed E-state index contributed by atoms with van der Waals surface area (Å²) in [6, 6.07) is 7.42. The van der Waals surface area contributed by atoms with Crippen LogP contribution in [0.5, 0.6) is 0 Å². The molecule has 164 valence electrons. The summed E-state index contributed by atoms with van der Waals surface area (Å²) < 4.78 is 41.9. The molecule has 3 aromatic heterocycles. The van der Waals surface area contributed by atoms with Crippen LogP contribution in [0.2, 0.25) is 0 Å². The van der Waals surface area contributed by atoms with Crippen LogP contribution in [0.15, 0.2) is 70.8 Å². The van der Waals surface area contributed by atoms with Gasteiger partial charge in [-0.25, -0.2) is 9.97 Å². The first-order valence-electron chi connectivity index (χ1n) is 9.35. The smallest absolute Gasteiger partial charge is 0.328 e. The van der Waals surface area contributed by atoms with Gasteiger partial charge in [-0.05, 0) is 30.7 Å². The molecule has 0 radical (unpaired) electrons. The summed E-state index contributed by atoms with van der Waals surface area (Å²) >= 11 is 1.28. The van der Waals surface area contributed by atoms with Gasteiger partial charge in [0.15, 0.2) is 5.82 Å². The van der Waals surface area contributed by atoms with E-state index in [1.54, 1.807) is 35.2 Å². The molecule has 0 spiro atoms. The molecule has 0 saturated heterocycles. The highest BCUT2D eigenvalue weighted by Gasteiger charge is 2.30. The summed E-state index contributed by atoms with van der Waals surface area (Å²) in [5, 5.41) is 4.19. The second-order valence-corrected chi connectivity index (χ2v) is 7.65. The predicted molar refractivity (Wildman–Crippen MR) is 113 cm³/mol. The molecule has 3 heterocycles. The lowest BCUT2D eigenvalue weighted by atomic mass is 10.0. The second-order valence-electron chi connectivity index (χ2n) is 6.93. The molecule has 0 saturated carbocycles. The summed E-state index contributed by atoms with van der Waals surface area (Å²) in [4.78, 5) is 32.7. The maximum atomic E-state index is 13.0. The molecule has 1 atom stereocenters. The Morgan fingerprint density at radius 2 is 2.00 bits per heavy atom. The molecule has 7 nitrogen and oxygen atoms in total. The number of imidazole rings is 1. The van der Waals surface area contributed by atoms with Crippen molar-refractivity contribution in [3.63, 3.8) is 0 Å². The fourth-order valence-electron chi connectivity index (χ4n) is 3.07. The van der Waals surface area contributed by atoms with Crippen molar-refractivity contribution in [3.05, 3.63) is 93.2 Å². The molecule has 0 aliphatic carbocycles. The molecule has 4 rings (SSSR count). The van der Waals surface area contributed by atoms with E-state index < -0.39 is 29.2 Å². The third kappa shape index (κ3) is 4.47. The summed E-state index contributed by atoms with van der Waals surface area (Å²) in [5.74, 6) is -0.131. The van der Waals surface area contributed by atoms with Crippen molar-refractivity contribution < 1.29 is 18.0 Å². The van der Waals surface area contributed by atoms with Crippen LogP contribution >= 0.6 is 11.3 Å². The van der Waals surface area contributed by atoms with Crippen LogP contribution in [0.1, 0.15) is 34.6 Å². The highest BCUT2D eigenvalue weighted by atomic mass is 32.1. The van der Waals surface area contributed by atoms with E-state index in [9.17, 15) is 22.8 Å². The Morgan fingerprint density at radius 3 is 2.69 bits per heavy atom. The summed E-state index contributed by atoms with van der Waals surface area (Å²) in [7, 11) is 0. The van der Waals surface area contributed by atoms with Crippen LogP contribution < -0.4 is 10.9 Å². The predicted octanol–water partition coefficient (Wildman–Crippen LogP) is 4.37. The lowest BCUT2D eigenvalue weighted by Crippen LogP contribution is -2.20. The van der Waals surface area contributed by atoms with Gasteiger partial charge in [0, 0.05) is 29.5 Å². The maximum absolute atomic E-state index is 13.0. The van der Waals surface area contributed by atoms with Crippen LogP contribution in [0.4, 0.5) is 18.9 Å². The number of anilines is 1. The normalized spacial score (nSPS) is 12.5. The molecular formula is C21H16F3N5O2S. The zero-order valence-electron chi connectivity index (χ0n) is 16.6. The van der Waals surface area contributed by atoms with E-state index in [1.807, 2.05) is 0 Å². The molecule has 0 fully saturated rings. The summed E-state index contributed by atoms with van der Waals surface area (Å²) in [6.07, 6.45) is 0.0465. The number of nitrogens with one attached hydrogen (secondary N) is 1. The third-order valence-electron chi connectivity index (χ3n) is 4.82. The van der Waals surface area contributed by atoms with Gasteiger partial charge >= 0.3 is 6.18 Å². The van der Waals surface area contributed by atoms with Gasteiger partial charge in [-0.1, -0.05) is 12.1 Å². The Bertz CT molecular complexity index is 1310. The Balaban J connectivity index is 1.54. The topological polar surface area (TPSA) is 81.8 Å². The fraction of sp³-hybridized carbons (Fsp3) is 0.143. The minimum absolute atomic E-state index is 0.251. The first-order chi connectivity index (χ1) is 15.2. The van der Waals surface area contributed by atoms with E-state index in [0.29, 0.717) is 17.1 Å². The highest BCUT2D eigenvalue weighted by Crippen LogP contribution is 2.31. The molecule has 1 aromatic carbocycles. The zero-order chi connectivity index (χ0) is 22.9. The Morgan fingerprint density at radius 1 is 1.19 bits per heavy atom. The van der Waals surface area contributed by atoms with E-state index in [-0.39, 0.29) is 5.69 Å². The second kappa shape index (κ2) is 8.42. The van der Waals surface area contributed by atoms with E-state index in [1.165, 1.54) is 46.1 Å². The first-order valence-corrected chi connectivity index (χ1v) is 10.3. The number of hydrogen-bond acceptors (Lipinski definition) is 5. The molecule has 4 aromatic rings. The van der Waals surface area contributed by atoms with Crippen LogP contribution in [0, 0.1) is 0 Å². The number of halogens is 3. The Hall–Kier alpha value is -3.73. The summed E-state index contributed by atoms with van der Waals surface area (Å²) in [5.41, 5.74) is 1.38. The number of carbonyl (C=O) groups excluding carboxylic acids is 1. The number of hydrogen-bond donors (Lipinski definition) is 1. The first kappa shape index (κ1) is 21.5. The Kier molecular flexibility index (Phi) is 5.66. The molecule has 1 amide bonds. The van der Waals surface area contributed by atoms with Crippen molar-refractivity contribution in [3.8, 4) is 5.82 Å². The third-order valence-corrected chi connectivity index (χ3v) is 5.41. The lowest BCUT2D eigenvalue weighted by Gasteiger charge is -2.15. The Labute approximate surface area is 183 Å². The number of nitrogens with zero attached hydrogens (tertiary/aromatic N) is 4. The number of aromatic nitrogens is 4. The highest BCUT2D eigenvalue weighted by molar-refractivity contribution is 7.07. The quantitative estimate of drug-likeness (QED) is 0.481. The number of thiazole rings is 1. The zero-order valence-corrected chi connectivity index (χ0v) is 17.4. The van der Waals surface area contributed by atoms with Gasteiger partial charge in [-0.3, -0.25) is 14.2 Å². The van der Waals surface area contributed by atoms with E-state index in [2.05, 4.69) is 15.3 Å². The van der Waals surface area contributed by atoms with Gasteiger partial charge in [0.25, 0.3) is 11.5 Å². The number of amides is 1. The van der Waals surface area contributed by atoms with Gasteiger partial charge in [0.1, 0.15) is 5.69 Å². The van der Waals surface area contributed by atoms with Gasteiger partial charge in [-0.2, -0.15) is 13.2 Å². The van der Waals surface area contributed by atoms with Gasteiger partial charge in [0.05, 0.1) is 23.4 Å². The van der Waals surface area contributed by atoms with Gasteiger partial charge in [0.2, 0.25) is 0 Å². The van der Waals surface area contributed by atoms with E-state index >= 15 is 0 Å². The van der Waals surface area contributed by atoms with E-state index in [4.69, 9.17) is 0 Å². The number of alkyl halides is 3. The molecular weight excluding hydrogens is 443 g/mol. The largest absolute Gasteiger partial charge is 0.416 e. The molecule has 0 bridgehead atoms. The minimum atomic E-state index is -4.43. The van der Waals surface area contributed by atoms with Gasteiger partial charge in [-0.15, -0.1) is 11.3 Å². The molecule has 32 heavy (non-hydrogen) atoms. The summed E-state index contributed by atoms with van der Waals surface area (Å²) in [6.45, 7) is 1.74. The van der Waals surface area contributed by atoms with Crippen molar-refractivity contribution in [2.75, 3.05) is 5.32 Å². The monoisotopic (exact) mass is 459 g/mol. The number of benzene rings is 1. The fourth-order valence-corrected chi connectivity index (χ4v) is 3.61. The number of carbonyl (C=O) groups is 1. The molecule has 0 aliphatic heterocycles. The molecule has 0 aliphatic rings. The standard InChI is InChI=1S/C21H16F3N5O2S/c1-13(14-3-2-4-15(7-14)21(22,23)24)28-9-18(25-11-28)29-6-5-16(8-19(29)30)27-20(31)17-10-32-12-26-17/h2-13H,1H3,(H,27,31). The average molecular weight is 459 g/mol. The van der Waals surface area contributed by atoms with Crippen molar-refractivity contribution in [1.29, 1.82) is 0 Å². The minimum Gasteiger partial charge on any atom is -0.328 e. The van der Waals surface area contributed by atoms with Crippen molar-refractivity contribution in [1.82, 2.24) is 19.1 Å². The average Bonchev–Trinajstić information content (AvgIpc) is 3.45. The lowest BCUT2D eigenvalue weighted by molar-refractivity contribution is -0.137.